The third-order valence-electron chi connectivity index (χ3n) is 4.28. The van der Waals surface area contributed by atoms with E-state index >= 15 is 0 Å². The molecule has 0 radical (unpaired) electrons. The summed E-state index contributed by atoms with van der Waals surface area (Å²) < 4.78 is 33.9. The fourth-order valence-corrected chi connectivity index (χ4v) is 5.56. The second-order valence-corrected chi connectivity index (χ2v) is 9.48. The van der Waals surface area contributed by atoms with Crippen molar-refractivity contribution in [3.05, 3.63) is 91.4 Å². The molecule has 0 aromatic heterocycles. The van der Waals surface area contributed by atoms with Crippen LogP contribution in [0, 0.1) is 0 Å². The van der Waals surface area contributed by atoms with E-state index in [1.165, 1.54) is 36.4 Å². The summed E-state index contributed by atoms with van der Waals surface area (Å²) in [6, 6.07) is 11.0. The van der Waals surface area contributed by atoms with Crippen LogP contribution in [0.25, 0.3) is 0 Å². The van der Waals surface area contributed by atoms with Gasteiger partial charge in [0.2, 0.25) is 0 Å². The third kappa shape index (κ3) is 4.01. The summed E-state index contributed by atoms with van der Waals surface area (Å²) in [4.78, 5) is 0. The zero-order chi connectivity index (χ0) is 21.6. The Morgan fingerprint density at radius 1 is 0.690 bits per heavy atom. The minimum absolute atomic E-state index is 0.0771. The standard InChI is InChI=1S/C19H12Cl4O5S/c20-12-3-10(4-13(21)7-12)19(29(26,27)28,11-5-14(22)8-15(23)6-11)17-9-16(24)1-2-18(17)25/h1-9,24-25H,(H,26,27,28). The lowest BCUT2D eigenvalue weighted by Gasteiger charge is -2.33. The first-order valence-corrected chi connectivity index (χ1v) is 10.8. The SMILES string of the molecule is O=S(=O)(O)C(c1cc(Cl)cc(Cl)c1)(c1cc(Cl)cc(Cl)c1)c1cc(O)ccc1O. The Morgan fingerprint density at radius 3 is 1.48 bits per heavy atom. The van der Waals surface area contributed by atoms with Crippen molar-refractivity contribution in [2.75, 3.05) is 0 Å². The van der Waals surface area contributed by atoms with Crippen LogP contribution in [-0.2, 0) is 14.9 Å². The van der Waals surface area contributed by atoms with E-state index in [1.807, 2.05) is 0 Å². The average Bonchev–Trinajstić information content (AvgIpc) is 2.55. The smallest absolute Gasteiger partial charge is 0.283 e. The number of halogens is 4. The van der Waals surface area contributed by atoms with Gasteiger partial charge < -0.3 is 10.2 Å². The van der Waals surface area contributed by atoms with Gasteiger partial charge in [-0.05, 0) is 65.7 Å². The van der Waals surface area contributed by atoms with E-state index in [0.717, 1.165) is 18.2 Å². The van der Waals surface area contributed by atoms with E-state index in [9.17, 15) is 23.2 Å². The summed E-state index contributed by atoms with van der Waals surface area (Å²) in [6.45, 7) is 0. The Labute approximate surface area is 186 Å². The van der Waals surface area contributed by atoms with Gasteiger partial charge in [-0.15, -0.1) is 0 Å². The van der Waals surface area contributed by atoms with Crippen molar-refractivity contribution < 1.29 is 23.2 Å². The zero-order valence-electron chi connectivity index (χ0n) is 14.3. The van der Waals surface area contributed by atoms with Crippen LogP contribution < -0.4 is 0 Å². The molecule has 10 heteroatoms. The number of phenols is 2. The molecule has 0 saturated carbocycles. The molecular weight excluding hydrogens is 482 g/mol. The fourth-order valence-electron chi connectivity index (χ4n) is 3.23. The maximum absolute atomic E-state index is 13.0. The maximum atomic E-state index is 13.0. The van der Waals surface area contributed by atoms with Crippen molar-refractivity contribution in [1.29, 1.82) is 0 Å². The molecular formula is C19H12Cl4O5S. The topological polar surface area (TPSA) is 94.8 Å². The first-order valence-electron chi connectivity index (χ1n) is 7.88. The molecule has 0 saturated heterocycles. The lowest BCUT2D eigenvalue weighted by atomic mass is 9.83. The second kappa shape index (κ2) is 7.87. The molecule has 152 valence electrons. The lowest BCUT2D eigenvalue weighted by Crippen LogP contribution is -2.38. The molecule has 0 bridgehead atoms. The van der Waals surface area contributed by atoms with Gasteiger partial charge in [-0.1, -0.05) is 46.4 Å². The highest BCUT2D eigenvalue weighted by molar-refractivity contribution is 7.87. The number of hydrogen-bond donors (Lipinski definition) is 3. The molecule has 0 aliphatic rings. The molecule has 0 aliphatic heterocycles. The van der Waals surface area contributed by atoms with E-state index in [2.05, 4.69) is 0 Å². The minimum atomic E-state index is -5.10. The van der Waals surface area contributed by atoms with E-state index in [-0.39, 0.29) is 42.5 Å². The number of rotatable bonds is 4. The molecule has 29 heavy (non-hydrogen) atoms. The highest BCUT2D eigenvalue weighted by Gasteiger charge is 2.50. The van der Waals surface area contributed by atoms with Crippen LogP contribution >= 0.6 is 46.4 Å². The molecule has 0 fully saturated rings. The van der Waals surface area contributed by atoms with Crippen molar-refractivity contribution in [2.45, 2.75) is 4.75 Å². The van der Waals surface area contributed by atoms with Crippen LogP contribution in [0.2, 0.25) is 20.1 Å². The van der Waals surface area contributed by atoms with Gasteiger partial charge >= 0.3 is 0 Å². The highest BCUT2D eigenvalue weighted by atomic mass is 35.5. The molecule has 3 N–H and O–H groups in total. The summed E-state index contributed by atoms with van der Waals surface area (Å²) in [6.07, 6.45) is 0. The molecule has 0 aliphatic carbocycles. The molecule has 0 amide bonds. The summed E-state index contributed by atoms with van der Waals surface area (Å²) in [5.74, 6) is -0.875. The van der Waals surface area contributed by atoms with Gasteiger partial charge in [0.25, 0.3) is 10.1 Å². The predicted molar refractivity (Wildman–Crippen MR) is 114 cm³/mol. The molecule has 3 rings (SSSR count). The van der Waals surface area contributed by atoms with Crippen LogP contribution in [0.3, 0.4) is 0 Å². The van der Waals surface area contributed by atoms with Crippen LogP contribution in [0.4, 0.5) is 0 Å². The summed E-state index contributed by atoms with van der Waals surface area (Å²) in [5, 5.41) is 20.8. The fraction of sp³-hybridized carbons (Fsp3) is 0.0526. The van der Waals surface area contributed by atoms with Crippen molar-refractivity contribution in [3.8, 4) is 11.5 Å². The quantitative estimate of drug-likeness (QED) is 0.239. The van der Waals surface area contributed by atoms with Gasteiger partial charge in [0.1, 0.15) is 11.5 Å². The Kier molecular flexibility index (Phi) is 5.98. The number of benzene rings is 3. The number of aromatic hydroxyl groups is 2. The highest BCUT2D eigenvalue weighted by Crippen LogP contribution is 2.49. The molecule has 0 heterocycles. The van der Waals surface area contributed by atoms with Gasteiger partial charge in [-0.25, -0.2) is 0 Å². The van der Waals surface area contributed by atoms with Gasteiger partial charge in [-0.3, -0.25) is 4.55 Å². The van der Waals surface area contributed by atoms with E-state index in [0.29, 0.717) is 0 Å². The predicted octanol–water partition coefficient (Wildman–Crippen LogP) is 5.89. The molecule has 0 unspecified atom stereocenters. The lowest BCUT2D eigenvalue weighted by molar-refractivity contribution is 0.434. The summed E-state index contributed by atoms with van der Waals surface area (Å²) in [7, 11) is -5.10. The Morgan fingerprint density at radius 2 is 1.10 bits per heavy atom. The Bertz CT molecular complexity index is 1120. The monoisotopic (exact) mass is 492 g/mol. The first-order chi connectivity index (χ1) is 13.4. The molecule has 3 aromatic carbocycles. The molecule has 0 atom stereocenters. The van der Waals surface area contributed by atoms with Crippen LogP contribution in [0.1, 0.15) is 16.7 Å². The van der Waals surface area contributed by atoms with Crippen LogP contribution in [0.15, 0.2) is 54.6 Å². The van der Waals surface area contributed by atoms with E-state index in [4.69, 9.17) is 46.4 Å². The Hall–Kier alpha value is -1.67. The maximum Gasteiger partial charge on any atom is 0.283 e. The third-order valence-corrected chi connectivity index (χ3v) is 6.62. The van der Waals surface area contributed by atoms with Crippen LogP contribution in [-0.4, -0.2) is 23.2 Å². The van der Waals surface area contributed by atoms with Crippen molar-refractivity contribution in [1.82, 2.24) is 0 Å². The van der Waals surface area contributed by atoms with Crippen LogP contribution in [0.5, 0.6) is 11.5 Å². The van der Waals surface area contributed by atoms with E-state index < -0.39 is 20.6 Å². The Balaban J connectivity index is 2.62. The van der Waals surface area contributed by atoms with Crippen molar-refractivity contribution >= 4 is 56.5 Å². The summed E-state index contributed by atoms with van der Waals surface area (Å²) >= 11 is 24.4. The minimum Gasteiger partial charge on any atom is -0.508 e. The van der Waals surface area contributed by atoms with Gasteiger partial charge in [-0.2, -0.15) is 8.42 Å². The average molecular weight is 494 g/mol. The first kappa shape index (κ1) is 22.0. The summed E-state index contributed by atoms with van der Waals surface area (Å²) in [5.41, 5.74) is -0.551. The second-order valence-electron chi connectivity index (χ2n) is 6.17. The number of phenolic OH excluding ortho intramolecular Hbond substituents is 2. The van der Waals surface area contributed by atoms with Gasteiger partial charge in [0, 0.05) is 25.7 Å². The molecule has 5 nitrogen and oxygen atoms in total. The normalized spacial score (nSPS) is 12.2. The number of hydrogen-bond acceptors (Lipinski definition) is 4. The largest absolute Gasteiger partial charge is 0.508 e. The van der Waals surface area contributed by atoms with Gasteiger partial charge in [0.15, 0.2) is 4.75 Å². The van der Waals surface area contributed by atoms with Crippen molar-refractivity contribution in [2.24, 2.45) is 0 Å². The molecule has 0 spiro atoms. The zero-order valence-corrected chi connectivity index (χ0v) is 18.1. The van der Waals surface area contributed by atoms with E-state index in [1.54, 1.807) is 0 Å². The van der Waals surface area contributed by atoms with Gasteiger partial charge in [0.05, 0.1) is 0 Å². The van der Waals surface area contributed by atoms with Crippen molar-refractivity contribution in [3.63, 3.8) is 0 Å². The molecule has 3 aromatic rings.